The molecule has 0 bridgehead atoms. The van der Waals surface area contributed by atoms with Gasteiger partial charge in [0.2, 0.25) is 5.78 Å². The third-order valence-corrected chi connectivity index (χ3v) is 3.08. The summed E-state index contributed by atoms with van der Waals surface area (Å²) in [5.74, 6) is -3.98. The standard InChI is InChI=1S/C15H18O8/c16-7-10(18)12(20)14(22)15(23)13(21)11(19)9(17)6-8-4-2-1-3-5-8/h1-6,10,12,14-18,20,22-23H,7H2/t10-,12-,14+,15+/m1/s1. The molecule has 23 heavy (non-hydrogen) atoms. The second kappa shape index (κ2) is 8.51. The number of carbonyl (C=O) groups excluding carboxylic acids is 2. The largest absolute Gasteiger partial charge is 0.504 e. The van der Waals surface area contributed by atoms with Gasteiger partial charge in [-0.1, -0.05) is 30.3 Å². The molecule has 8 heteroatoms. The molecule has 6 N–H and O–H groups in total. The van der Waals surface area contributed by atoms with Gasteiger partial charge in [-0.3, -0.25) is 9.59 Å². The molecule has 1 aromatic rings. The average molecular weight is 326 g/mol. The molecule has 4 atom stereocenters. The minimum Gasteiger partial charge on any atom is -0.504 e. The maximum Gasteiger partial charge on any atom is 0.265 e. The van der Waals surface area contributed by atoms with E-state index in [0.717, 1.165) is 6.08 Å². The van der Waals surface area contributed by atoms with Gasteiger partial charge < -0.3 is 30.6 Å². The SMILES string of the molecule is O=C(C(=O)[C@H](O)[C@@H](O)[C@H](O)[C@H](O)CO)C(O)=Cc1ccccc1. The summed E-state index contributed by atoms with van der Waals surface area (Å²) in [6.45, 7) is -0.924. The Balaban J connectivity index is 2.83. The Kier molecular flexibility index (Phi) is 7.01. The first-order chi connectivity index (χ1) is 10.8. The topological polar surface area (TPSA) is 156 Å². The zero-order valence-electron chi connectivity index (χ0n) is 12.0. The monoisotopic (exact) mass is 326 g/mol. The highest BCUT2D eigenvalue weighted by Crippen LogP contribution is 2.10. The highest BCUT2D eigenvalue weighted by molar-refractivity contribution is 6.45. The maximum atomic E-state index is 11.7. The van der Waals surface area contributed by atoms with E-state index in [-0.39, 0.29) is 0 Å². The summed E-state index contributed by atoms with van der Waals surface area (Å²) in [6, 6.07) is 8.09. The first-order valence-electron chi connectivity index (χ1n) is 6.67. The van der Waals surface area contributed by atoms with Gasteiger partial charge in [-0.25, -0.2) is 0 Å². The summed E-state index contributed by atoms with van der Waals surface area (Å²) in [5.41, 5.74) is 0.428. The van der Waals surface area contributed by atoms with Crippen molar-refractivity contribution in [1.29, 1.82) is 0 Å². The zero-order valence-corrected chi connectivity index (χ0v) is 12.0. The summed E-state index contributed by atoms with van der Waals surface area (Å²) >= 11 is 0. The van der Waals surface area contributed by atoms with E-state index in [1.54, 1.807) is 30.3 Å². The van der Waals surface area contributed by atoms with Crippen LogP contribution in [0.15, 0.2) is 36.1 Å². The van der Waals surface area contributed by atoms with Gasteiger partial charge in [-0.05, 0) is 11.6 Å². The minimum atomic E-state index is -2.37. The van der Waals surface area contributed by atoms with Gasteiger partial charge in [-0.15, -0.1) is 0 Å². The Hall–Kier alpha value is -2.10. The Bertz CT molecular complexity index is 568. The van der Waals surface area contributed by atoms with Crippen molar-refractivity contribution in [2.24, 2.45) is 0 Å². The first kappa shape index (κ1) is 18.9. The lowest BCUT2D eigenvalue weighted by molar-refractivity contribution is -0.153. The molecule has 0 saturated heterocycles. The lowest BCUT2D eigenvalue weighted by Gasteiger charge is -2.24. The van der Waals surface area contributed by atoms with Gasteiger partial charge in [-0.2, -0.15) is 0 Å². The molecule has 126 valence electrons. The van der Waals surface area contributed by atoms with Crippen LogP contribution >= 0.6 is 0 Å². The molecular formula is C15H18O8. The fourth-order valence-corrected chi connectivity index (χ4v) is 1.71. The Morgan fingerprint density at radius 2 is 1.57 bits per heavy atom. The number of hydrogen-bond donors (Lipinski definition) is 6. The molecule has 1 aromatic carbocycles. The Morgan fingerprint density at radius 1 is 1.00 bits per heavy atom. The quantitative estimate of drug-likeness (QED) is 0.185. The lowest BCUT2D eigenvalue weighted by Crippen LogP contribution is -2.50. The van der Waals surface area contributed by atoms with E-state index in [1.165, 1.54) is 0 Å². The number of allylic oxidation sites excluding steroid dienone is 1. The van der Waals surface area contributed by atoms with Crippen LogP contribution in [0.5, 0.6) is 0 Å². The molecule has 0 radical (unpaired) electrons. The van der Waals surface area contributed by atoms with E-state index in [9.17, 15) is 30.0 Å². The van der Waals surface area contributed by atoms with Crippen LogP contribution in [0.2, 0.25) is 0 Å². The van der Waals surface area contributed by atoms with Crippen LogP contribution in [0, 0.1) is 0 Å². The van der Waals surface area contributed by atoms with E-state index in [2.05, 4.69) is 0 Å². The van der Waals surface area contributed by atoms with Crippen LogP contribution in [-0.4, -0.2) is 73.2 Å². The van der Waals surface area contributed by atoms with E-state index in [0.29, 0.717) is 5.56 Å². The third kappa shape index (κ3) is 4.95. The molecule has 0 aliphatic carbocycles. The molecule has 0 aliphatic rings. The van der Waals surface area contributed by atoms with Gasteiger partial charge in [0, 0.05) is 0 Å². The van der Waals surface area contributed by atoms with Crippen molar-refractivity contribution in [2.75, 3.05) is 6.61 Å². The summed E-state index contributed by atoms with van der Waals surface area (Å²) in [7, 11) is 0. The number of ketones is 2. The van der Waals surface area contributed by atoms with Crippen LogP contribution < -0.4 is 0 Å². The van der Waals surface area contributed by atoms with E-state index < -0.39 is 48.3 Å². The fourth-order valence-electron chi connectivity index (χ4n) is 1.71. The van der Waals surface area contributed by atoms with E-state index >= 15 is 0 Å². The molecule has 1 rings (SSSR count). The van der Waals surface area contributed by atoms with Crippen LogP contribution in [-0.2, 0) is 9.59 Å². The van der Waals surface area contributed by atoms with Crippen LogP contribution in [0.4, 0.5) is 0 Å². The average Bonchev–Trinajstić information content (AvgIpc) is 2.58. The number of benzene rings is 1. The summed E-state index contributed by atoms with van der Waals surface area (Å²) in [4.78, 5) is 23.4. The summed E-state index contributed by atoms with van der Waals surface area (Å²) < 4.78 is 0. The number of aliphatic hydroxyl groups is 6. The van der Waals surface area contributed by atoms with Crippen LogP contribution in [0.25, 0.3) is 6.08 Å². The van der Waals surface area contributed by atoms with Gasteiger partial charge >= 0.3 is 0 Å². The van der Waals surface area contributed by atoms with E-state index in [1.807, 2.05) is 0 Å². The van der Waals surface area contributed by atoms with Gasteiger partial charge in [0.05, 0.1) is 6.61 Å². The van der Waals surface area contributed by atoms with E-state index in [4.69, 9.17) is 10.2 Å². The number of aliphatic hydroxyl groups excluding tert-OH is 6. The predicted molar refractivity (Wildman–Crippen MR) is 78.2 cm³/mol. The van der Waals surface area contributed by atoms with Crippen molar-refractivity contribution in [3.63, 3.8) is 0 Å². The Labute approximate surface area is 131 Å². The molecule has 0 fully saturated rings. The number of rotatable bonds is 8. The van der Waals surface area contributed by atoms with Crippen molar-refractivity contribution in [1.82, 2.24) is 0 Å². The van der Waals surface area contributed by atoms with Crippen LogP contribution in [0.1, 0.15) is 5.56 Å². The molecular weight excluding hydrogens is 308 g/mol. The number of carbonyl (C=O) groups is 2. The fraction of sp³-hybridized carbons (Fsp3) is 0.333. The molecule has 8 nitrogen and oxygen atoms in total. The molecule has 0 heterocycles. The van der Waals surface area contributed by atoms with Crippen molar-refractivity contribution in [2.45, 2.75) is 24.4 Å². The second-order valence-corrected chi connectivity index (χ2v) is 4.81. The zero-order chi connectivity index (χ0) is 17.6. The number of hydrogen-bond acceptors (Lipinski definition) is 8. The smallest absolute Gasteiger partial charge is 0.265 e. The highest BCUT2D eigenvalue weighted by atomic mass is 16.4. The summed E-state index contributed by atoms with van der Waals surface area (Å²) in [5, 5.41) is 55.9. The lowest BCUT2D eigenvalue weighted by atomic mass is 9.97. The third-order valence-electron chi connectivity index (χ3n) is 3.08. The van der Waals surface area contributed by atoms with Crippen molar-refractivity contribution in [3.8, 4) is 0 Å². The van der Waals surface area contributed by atoms with Gasteiger partial charge in [0.1, 0.15) is 24.4 Å². The molecule has 0 unspecified atom stereocenters. The van der Waals surface area contributed by atoms with Gasteiger partial charge in [0.25, 0.3) is 5.78 Å². The molecule has 0 aliphatic heterocycles. The molecule has 0 saturated carbocycles. The minimum absolute atomic E-state index is 0.428. The van der Waals surface area contributed by atoms with Crippen molar-refractivity contribution in [3.05, 3.63) is 41.7 Å². The molecule has 0 spiro atoms. The molecule has 0 aromatic heterocycles. The predicted octanol–water partition coefficient (Wildman–Crippen LogP) is -1.84. The molecule has 0 amide bonds. The normalized spacial score (nSPS) is 17.2. The van der Waals surface area contributed by atoms with Crippen molar-refractivity contribution < 1.29 is 40.2 Å². The first-order valence-corrected chi connectivity index (χ1v) is 6.67. The van der Waals surface area contributed by atoms with Crippen LogP contribution in [0.3, 0.4) is 0 Å². The highest BCUT2D eigenvalue weighted by Gasteiger charge is 2.37. The van der Waals surface area contributed by atoms with Crippen molar-refractivity contribution >= 4 is 17.6 Å². The maximum absolute atomic E-state index is 11.7. The van der Waals surface area contributed by atoms with Gasteiger partial charge in [0.15, 0.2) is 5.76 Å². The number of Topliss-reactive ketones (excluding diaryl/α,β-unsaturated/α-hetero) is 2. The summed E-state index contributed by atoms with van der Waals surface area (Å²) in [6.07, 6.45) is -7.44. The Morgan fingerprint density at radius 3 is 2.09 bits per heavy atom. The second-order valence-electron chi connectivity index (χ2n) is 4.81.